The highest BCUT2D eigenvalue weighted by atomic mass is 16.5. The first kappa shape index (κ1) is 10.9. The zero-order chi connectivity index (χ0) is 10.8. The van der Waals surface area contributed by atoms with Crippen LogP contribution in [-0.2, 0) is 0 Å². The zero-order valence-electron chi connectivity index (χ0n) is 9.64. The number of hydrogen-bond acceptors (Lipinski definition) is 2. The van der Waals surface area contributed by atoms with Crippen molar-refractivity contribution >= 4 is 5.69 Å². The maximum absolute atomic E-state index is 5.28. The van der Waals surface area contributed by atoms with Crippen LogP contribution < -0.4 is 10.1 Å². The third-order valence-corrected chi connectivity index (χ3v) is 1.86. The van der Waals surface area contributed by atoms with Crippen LogP contribution in [0.2, 0.25) is 0 Å². The highest BCUT2D eigenvalue weighted by Crippen LogP contribution is 2.27. The third kappa shape index (κ3) is 2.95. The average molecular weight is 193 g/mol. The Hall–Kier alpha value is -1.18. The molecule has 0 aliphatic carbocycles. The van der Waals surface area contributed by atoms with Crippen molar-refractivity contribution in [1.29, 1.82) is 0 Å². The Labute approximate surface area is 86.3 Å². The Bertz CT molecular complexity index is 313. The molecule has 0 aliphatic rings. The summed E-state index contributed by atoms with van der Waals surface area (Å²) >= 11 is 0. The molecule has 0 amide bonds. The summed E-state index contributed by atoms with van der Waals surface area (Å²) in [5.41, 5.74) is 2.35. The Kier molecular flexibility index (Phi) is 3.04. The average Bonchev–Trinajstić information content (AvgIpc) is 2.01. The molecule has 0 aliphatic heterocycles. The SMILES string of the molecule is COc1ccc(C)cc1NC(C)(C)C. The van der Waals surface area contributed by atoms with Crippen LogP contribution in [0.25, 0.3) is 0 Å². The molecule has 78 valence electrons. The molecule has 1 aromatic carbocycles. The Balaban J connectivity index is 2.99. The van der Waals surface area contributed by atoms with Gasteiger partial charge in [0, 0.05) is 5.54 Å². The van der Waals surface area contributed by atoms with Gasteiger partial charge in [0.15, 0.2) is 0 Å². The second kappa shape index (κ2) is 3.91. The summed E-state index contributed by atoms with van der Waals surface area (Å²) < 4.78 is 5.28. The summed E-state index contributed by atoms with van der Waals surface area (Å²) in [4.78, 5) is 0. The molecule has 0 aromatic heterocycles. The topological polar surface area (TPSA) is 21.3 Å². The fourth-order valence-electron chi connectivity index (χ4n) is 1.32. The molecule has 0 radical (unpaired) electrons. The van der Waals surface area contributed by atoms with Crippen molar-refractivity contribution in [3.63, 3.8) is 0 Å². The van der Waals surface area contributed by atoms with Crippen LogP contribution >= 0.6 is 0 Å². The number of nitrogens with one attached hydrogen (secondary N) is 1. The van der Waals surface area contributed by atoms with Gasteiger partial charge in [-0.05, 0) is 45.4 Å². The molecule has 2 heteroatoms. The Morgan fingerprint density at radius 1 is 1.21 bits per heavy atom. The van der Waals surface area contributed by atoms with Gasteiger partial charge in [-0.25, -0.2) is 0 Å². The maximum Gasteiger partial charge on any atom is 0.141 e. The third-order valence-electron chi connectivity index (χ3n) is 1.86. The van der Waals surface area contributed by atoms with Crippen LogP contribution in [0.3, 0.4) is 0 Å². The van der Waals surface area contributed by atoms with E-state index in [9.17, 15) is 0 Å². The van der Waals surface area contributed by atoms with Crippen molar-refractivity contribution in [3.05, 3.63) is 23.8 Å². The van der Waals surface area contributed by atoms with E-state index in [1.807, 2.05) is 12.1 Å². The number of ether oxygens (including phenoxy) is 1. The molecule has 1 N–H and O–H groups in total. The summed E-state index contributed by atoms with van der Waals surface area (Å²) in [6.45, 7) is 8.48. The predicted octanol–water partition coefficient (Wildman–Crippen LogP) is 3.21. The highest BCUT2D eigenvalue weighted by Gasteiger charge is 2.12. The van der Waals surface area contributed by atoms with E-state index in [4.69, 9.17) is 4.74 Å². The monoisotopic (exact) mass is 193 g/mol. The van der Waals surface area contributed by atoms with Crippen molar-refractivity contribution in [1.82, 2.24) is 0 Å². The summed E-state index contributed by atoms with van der Waals surface area (Å²) in [6, 6.07) is 6.14. The fourth-order valence-corrected chi connectivity index (χ4v) is 1.32. The number of rotatable bonds is 2. The summed E-state index contributed by atoms with van der Waals surface area (Å²) in [5, 5.41) is 3.42. The lowest BCUT2D eigenvalue weighted by atomic mass is 10.1. The highest BCUT2D eigenvalue weighted by molar-refractivity contribution is 5.59. The van der Waals surface area contributed by atoms with E-state index in [2.05, 4.69) is 39.1 Å². The number of anilines is 1. The molecule has 0 atom stereocenters. The van der Waals surface area contributed by atoms with Crippen LogP contribution in [0.15, 0.2) is 18.2 Å². The minimum absolute atomic E-state index is 0.0566. The minimum atomic E-state index is 0.0566. The summed E-state index contributed by atoms with van der Waals surface area (Å²) in [6.07, 6.45) is 0. The first-order valence-corrected chi connectivity index (χ1v) is 4.85. The smallest absolute Gasteiger partial charge is 0.141 e. The summed E-state index contributed by atoms with van der Waals surface area (Å²) in [7, 11) is 1.69. The van der Waals surface area contributed by atoms with Gasteiger partial charge >= 0.3 is 0 Å². The van der Waals surface area contributed by atoms with Gasteiger partial charge in [0.2, 0.25) is 0 Å². The Morgan fingerprint density at radius 2 is 1.86 bits per heavy atom. The molecule has 14 heavy (non-hydrogen) atoms. The molecule has 1 rings (SSSR count). The molecule has 0 bridgehead atoms. The van der Waals surface area contributed by atoms with Gasteiger partial charge in [-0.2, -0.15) is 0 Å². The van der Waals surface area contributed by atoms with Crippen LogP contribution in [0.4, 0.5) is 5.69 Å². The van der Waals surface area contributed by atoms with Gasteiger partial charge in [-0.1, -0.05) is 6.07 Å². The fraction of sp³-hybridized carbons (Fsp3) is 0.500. The van der Waals surface area contributed by atoms with Crippen LogP contribution in [0.1, 0.15) is 26.3 Å². The van der Waals surface area contributed by atoms with Gasteiger partial charge in [0.05, 0.1) is 12.8 Å². The molecule has 0 heterocycles. The second-order valence-corrected chi connectivity index (χ2v) is 4.58. The molecular formula is C12H19NO. The predicted molar refractivity (Wildman–Crippen MR) is 61.1 cm³/mol. The van der Waals surface area contributed by atoms with Gasteiger partial charge in [-0.3, -0.25) is 0 Å². The van der Waals surface area contributed by atoms with Crippen molar-refractivity contribution in [2.45, 2.75) is 33.2 Å². The number of benzene rings is 1. The van der Waals surface area contributed by atoms with E-state index in [0.717, 1.165) is 11.4 Å². The quantitative estimate of drug-likeness (QED) is 0.778. The van der Waals surface area contributed by atoms with Gasteiger partial charge in [0.25, 0.3) is 0 Å². The van der Waals surface area contributed by atoms with Crippen LogP contribution in [0.5, 0.6) is 5.75 Å². The molecule has 0 saturated carbocycles. The van der Waals surface area contributed by atoms with E-state index in [1.165, 1.54) is 5.56 Å². The first-order valence-electron chi connectivity index (χ1n) is 4.85. The molecular weight excluding hydrogens is 174 g/mol. The number of aryl methyl sites for hydroxylation is 1. The van der Waals surface area contributed by atoms with Gasteiger partial charge in [-0.15, -0.1) is 0 Å². The first-order chi connectivity index (χ1) is 6.42. The van der Waals surface area contributed by atoms with Crippen LogP contribution in [-0.4, -0.2) is 12.6 Å². The molecule has 0 fully saturated rings. The van der Waals surface area contributed by atoms with Crippen molar-refractivity contribution < 1.29 is 4.74 Å². The van der Waals surface area contributed by atoms with E-state index in [1.54, 1.807) is 7.11 Å². The van der Waals surface area contributed by atoms with Gasteiger partial charge < -0.3 is 10.1 Å². The second-order valence-electron chi connectivity index (χ2n) is 4.58. The Morgan fingerprint density at radius 3 is 2.36 bits per heavy atom. The van der Waals surface area contributed by atoms with Gasteiger partial charge in [0.1, 0.15) is 5.75 Å². The lowest BCUT2D eigenvalue weighted by molar-refractivity contribution is 0.415. The lowest BCUT2D eigenvalue weighted by Crippen LogP contribution is -2.26. The van der Waals surface area contributed by atoms with E-state index >= 15 is 0 Å². The van der Waals surface area contributed by atoms with E-state index < -0.39 is 0 Å². The molecule has 2 nitrogen and oxygen atoms in total. The van der Waals surface area contributed by atoms with Crippen LogP contribution in [0, 0.1) is 6.92 Å². The molecule has 0 saturated heterocycles. The number of hydrogen-bond donors (Lipinski definition) is 1. The minimum Gasteiger partial charge on any atom is -0.495 e. The van der Waals surface area contributed by atoms with E-state index in [-0.39, 0.29) is 5.54 Å². The summed E-state index contributed by atoms with van der Waals surface area (Å²) in [5.74, 6) is 0.894. The largest absolute Gasteiger partial charge is 0.495 e. The van der Waals surface area contributed by atoms with Crippen molar-refractivity contribution in [2.24, 2.45) is 0 Å². The molecule has 1 aromatic rings. The normalized spacial score (nSPS) is 11.2. The number of methoxy groups -OCH3 is 1. The standard InChI is InChI=1S/C12H19NO/c1-9-6-7-11(14-5)10(8-9)13-12(2,3)4/h6-8,13H,1-5H3. The lowest BCUT2D eigenvalue weighted by Gasteiger charge is -2.23. The van der Waals surface area contributed by atoms with Crippen molar-refractivity contribution in [2.75, 3.05) is 12.4 Å². The maximum atomic E-state index is 5.28. The van der Waals surface area contributed by atoms with E-state index in [0.29, 0.717) is 0 Å². The van der Waals surface area contributed by atoms with Crippen molar-refractivity contribution in [3.8, 4) is 5.75 Å². The zero-order valence-corrected chi connectivity index (χ0v) is 9.64. The molecule has 0 spiro atoms. The molecule has 0 unspecified atom stereocenters.